The molecule has 1 aliphatic rings. The number of methoxy groups -OCH3 is 1. The number of piperazine rings is 1. The number of rotatable bonds is 6. The van der Waals surface area contributed by atoms with Crippen LogP contribution in [0.2, 0.25) is 0 Å². The lowest BCUT2D eigenvalue weighted by molar-refractivity contribution is 0.179. The largest absolute Gasteiger partial charge is 0.377 e. The third kappa shape index (κ3) is 4.03. The minimum absolute atomic E-state index is 0.494. The normalized spacial score (nSPS) is 16.1. The molecule has 1 aliphatic heterocycles. The first-order valence-electron chi connectivity index (χ1n) is 7.68. The molecule has 22 heavy (non-hydrogen) atoms. The Bertz CT molecular complexity index is 567. The average Bonchev–Trinajstić information content (AvgIpc) is 3.03. The fourth-order valence-corrected chi connectivity index (χ4v) is 3.38. The van der Waals surface area contributed by atoms with Crippen molar-refractivity contribution in [3.05, 3.63) is 41.7 Å². The molecule has 2 aromatic rings. The van der Waals surface area contributed by atoms with Gasteiger partial charge < -0.3 is 9.64 Å². The lowest BCUT2D eigenvalue weighted by atomic mass is 10.1. The van der Waals surface area contributed by atoms with Crippen LogP contribution in [-0.4, -0.2) is 54.1 Å². The van der Waals surface area contributed by atoms with E-state index in [4.69, 9.17) is 4.74 Å². The van der Waals surface area contributed by atoms with Gasteiger partial charge in [-0.3, -0.25) is 4.90 Å². The summed E-state index contributed by atoms with van der Waals surface area (Å²) < 4.78 is 9.40. The molecule has 118 valence electrons. The first-order valence-corrected chi connectivity index (χ1v) is 8.45. The highest BCUT2D eigenvalue weighted by molar-refractivity contribution is 7.09. The summed E-state index contributed by atoms with van der Waals surface area (Å²) in [5.41, 5.74) is 1.42. The van der Waals surface area contributed by atoms with Crippen LogP contribution in [0, 0.1) is 0 Å². The van der Waals surface area contributed by atoms with E-state index < -0.39 is 0 Å². The lowest BCUT2D eigenvalue weighted by Crippen LogP contribution is -2.47. The molecule has 0 amide bonds. The van der Waals surface area contributed by atoms with Gasteiger partial charge in [0.15, 0.2) is 5.82 Å². The predicted octanol–water partition coefficient (Wildman–Crippen LogP) is 2.05. The number of hydrogen-bond donors (Lipinski definition) is 0. The van der Waals surface area contributed by atoms with Gasteiger partial charge in [0.1, 0.15) is 6.61 Å². The molecule has 0 unspecified atom stereocenters. The zero-order valence-corrected chi connectivity index (χ0v) is 13.8. The molecule has 6 heteroatoms. The Kier molecular flexibility index (Phi) is 5.37. The van der Waals surface area contributed by atoms with E-state index in [2.05, 4.69) is 49.5 Å². The molecule has 1 fully saturated rings. The van der Waals surface area contributed by atoms with Crippen LogP contribution in [0.3, 0.4) is 0 Å². The van der Waals surface area contributed by atoms with Gasteiger partial charge in [0, 0.05) is 51.4 Å². The molecule has 2 heterocycles. The van der Waals surface area contributed by atoms with Gasteiger partial charge >= 0.3 is 0 Å². The molecule has 1 aromatic heterocycles. The van der Waals surface area contributed by atoms with Crippen molar-refractivity contribution >= 4 is 16.7 Å². The van der Waals surface area contributed by atoms with Gasteiger partial charge in [-0.2, -0.15) is 4.37 Å². The molecule has 0 radical (unpaired) electrons. The van der Waals surface area contributed by atoms with Gasteiger partial charge in [-0.15, -0.1) is 0 Å². The maximum Gasteiger partial charge on any atom is 0.205 e. The van der Waals surface area contributed by atoms with Gasteiger partial charge in [-0.05, 0) is 12.0 Å². The molecule has 1 saturated heterocycles. The van der Waals surface area contributed by atoms with E-state index in [-0.39, 0.29) is 0 Å². The molecule has 0 N–H and O–H groups in total. The van der Waals surface area contributed by atoms with E-state index in [1.54, 1.807) is 7.11 Å². The number of ether oxygens (including phenoxy) is 1. The van der Waals surface area contributed by atoms with E-state index >= 15 is 0 Å². The standard InChI is InChI=1S/C16H22N4OS/c1-21-13-15-17-16(22-18-15)20-11-9-19(10-12-20)8-7-14-5-3-2-4-6-14/h2-6H,7-13H2,1H3. The number of anilines is 1. The van der Waals surface area contributed by atoms with Crippen LogP contribution in [0.15, 0.2) is 30.3 Å². The third-order valence-electron chi connectivity index (χ3n) is 3.93. The maximum absolute atomic E-state index is 5.07. The Morgan fingerprint density at radius 1 is 1.14 bits per heavy atom. The zero-order valence-electron chi connectivity index (χ0n) is 12.9. The van der Waals surface area contributed by atoms with E-state index in [0.29, 0.717) is 6.61 Å². The van der Waals surface area contributed by atoms with Crippen LogP contribution < -0.4 is 4.90 Å². The van der Waals surface area contributed by atoms with E-state index in [1.165, 1.54) is 17.1 Å². The van der Waals surface area contributed by atoms with Crippen LogP contribution in [-0.2, 0) is 17.8 Å². The van der Waals surface area contributed by atoms with Gasteiger partial charge in [-0.1, -0.05) is 30.3 Å². The van der Waals surface area contributed by atoms with Crippen LogP contribution in [0.5, 0.6) is 0 Å². The summed E-state index contributed by atoms with van der Waals surface area (Å²) >= 11 is 1.47. The summed E-state index contributed by atoms with van der Waals surface area (Å²) in [6.07, 6.45) is 1.12. The highest BCUT2D eigenvalue weighted by Gasteiger charge is 2.19. The Labute approximate surface area is 135 Å². The highest BCUT2D eigenvalue weighted by Crippen LogP contribution is 2.19. The molecular formula is C16H22N4OS. The van der Waals surface area contributed by atoms with Crippen molar-refractivity contribution in [2.24, 2.45) is 0 Å². The fraction of sp³-hybridized carbons (Fsp3) is 0.500. The van der Waals surface area contributed by atoms with E-state index in [0.717, 1.165) is 50.1 Å². The predicted molar refractivity (Wildman–Crippen MR) is 89.4 cm³/mol. The van der Waals surface area contributed by atoms with Gasteiger partial charge in [-0.25, -0.2) is 4.98 Å². The average molecular weight is 318 g/mol. The maximum atomic E-state index is 5.07. The third-order valence-corrected chi connectivity index (χ3v) is 4.75. The van der Waals surface area contributed by atoms with Gasteiger partial charge in [0.05, 0.1) is 0 Å². The summed E-state index contributed by atoms with van der Waals surface area (Å²) in [7, 11) is 1.67. The van der Waals surface area contributed by atoms with Crippen molar-refractivity contribution in [2.75, 3.05) is 44.7 Å². The van der Waals surface area contributed by atoms with E-state index in [9.17, 15) is 0 Å². The van der Waals surface area contributed by atoms with Crippen molar-refractivity contribution in [1.29, 1.82) is 0 Å². The molecule has 1 aromatic carbocycles. The molecule has 0 atom stereocenters. The summed E-state index contributed by atoms with van der Waals surface area (Å²) in [5, 5.41) is 1.02. The minimum Gasteiger partial charge on any atom is -0.377 e. The van der Waals surface area contributed by atoms with Crippen molar-refractivity contribution in [3.63, 3.8) is 0 Å². The van der Waals surface area contributed by atoms with Crippen LogP contribution in [0.1, 0.15) is 11.4 Å². The number of aromatic nitrogens is 2. The molecule has 0 spiro atoms. The van der Waals surface area contributed by atoms with Crippen molar-refractivity contribution in [2.45, 2.75) is 13.0 Å². The Hall–Kier alpha value is -1.50. The summed E-state index contributed by atoms with van der Waals surface area (Å²) in [5.74, 6) is 0.786. The zero-order chi connectivity index (χ0) is 15.2. The minimum atomic E-state index is 0.494. The van der Waals surface area contributed by atoms with Crippen LogP contribution in [0.25, 0.3) is 0 Å². The Morgan fingerprint density at radius 3 is 2.64 bits per heavy atom. The number of hydrogen-bond acceptors (Lipinski definition) is 6. The summed E-state index contributed by atoms with van der Waals surface area (Å²) in [4.78, 5) is 9.39. The molecule has 0 saturated carbocycles. The number of nitrogens with zero attached hydrogens (tertiary/aromatic N) is 4. The van der Waals surface area contributed by atoms with E-state index in [1.807, 2.05) is 0 Å². The smallest absolute Gasteiger partial charge is 0.205 e. The van der Waals surface area contributed by atoms with Crippen LogP contribution >= 0.6 is 11.5 Å². The Morgan fingerprint density at radius 2 is 1.91 bits per heavy atom. The van der Waals surface area contributed by atoms with Crippen molar-refractivity contribution in [3.8, 4) is 0 Å². The highest BCUT2D eigenvalue weighted by atomic mass is 32.1. The van der Waals surface area contributed by atoms with Crippen molar-refractivity contribution in [1.82, 2.24) is 14.3 Å². The number of benzene rings is 1. The second-order valence-corrected chi connectivity index (χ2v) is 6.22. The lowest BCUT2D eigenvalue weighted by Gasteiger charge is -2.34. The fourth-order valence-electron chi connectivity index (χ4n) is 2.66. The molecule has 5 nitrogen and oxygen atoms in total. The molecular weight excluding hydrogens is 296 g/mol. The van der Waals surface area contributed by atoms with Gasteiger partial charge in [0.25, 0.3) is 0 Å². The SMILES string of the molecule is COCc1nsc(N2CCN(CCc3ccccc3)CC2)n1. The second kappa shape index (κ2) is 7.67. The monoisotopic (exact) mass is 318 g/mol. The summed E-state index contributed by atoms with van der Waals surface area (Å²) in [6, 6.07) is 10.7. The molecule has 3 rings (SSSR count). The first-order chi connectivity index (χ1) is 10.8. The molecule has 0 aliphatic carbocycles. The Balaban J connectivity index is 1.45. The van der Waals surface area contributed by atoms with Gasteiger partial charge in [0.2, 0.25) is 5.13 Å². The van der Waals surface area contributed by atoms with Crippen molar-refractivity contribution < 1.29 is 4.74 Å². The van der Waals surface area contributed by atoms with Crippen LogP contribution in [0.4, 0.5) is 5.13 Å². The first kappa shape index (κ1) is 15.4. The quantitative estimate of drug-likeness (QED) is 0.815. The molecule has 0 bridgehead atoms. The second-order valence-electron chi connectivity index (χ2n) is 5.49. The topological polar surface area (TPSA) is 41.5 Å². The summed E-state index contributed by atoms with van der Waals surface area (Å²) in [6.45, 7) is 5.85.